The number of rotatable bonds is 10. The molecule has 0 radical (unpaired) electrons. The van der Waals surface area contributed by atoms with Crippen LogP contribution in [0.2, 0.25) is 0 Å². The molecule has 0 fully saturated rings. The van der Waals surface area contributed by atoms with Crippen molar-refractivity contribution in [3.8, 4) is 17.2 Å². The summed E-state index contributed by atoms with van der Waals surface area (Å²) in [4.78, 5) is 40.3. The third-order valence-electron chi connectivity index (χ3n) is 4.60. The predicted molar refractivity (Wildman–Crippen MR) is 117 cm³/mol. The van der Waals surface area contributed by atoms with Crippen molar-refractivity contribution in [1.82, 2.24) is 16.1 Å². The van der Waals surface area contributed by atoms with Crippen molar-refractivity contribution in [3.05, 3.63) is 47.5 Å². The van der Waals surface area contributed by atoms with E-state index in [0.717, 1.165) is 0 Å². The number of ether oxygens (including phenoxy) is 3. The third-order valence-corrected chi connectivity index (χ3v) is 4.60. The highest BCUT2D eigenvalue weighted by molar-refractivity contribution is 5.97. The SMILES string of the molecule is COc1cc(CC(NC(=O)CNC(=O)c2cccc(N=CNN)c2)C(=O)O)cc2c1OCO2. The lowest BCUT2D eigenvalue weighted by Gasteiger charge is -2.16. The van der Waals surface area contributed by atoms with Gasteiger partial charge in [0.05, 0.1) is 19.3 Å². The van der Waals surface area contributed by atoms with Crippen LogP contribution in [0.5, 0.6) is 17.2 Å². The number of amides is 2. The van der Waals surface area contributed by atoms with Crippen LogP contribution in [-0.4, -0.2) is 55.7 Å². The summed E-state index contributed by atoms with van der Waals surface area (Å²) in [7, 11) is 1.46. The van der Waals surface area contributed by atoms with Gasteiger partial charge in [-0.1, -0.05) is 6.07 Å². The second-order valence-electron chi connectivity index (χ2n) is 6.85. The summed E-state index contributed by atoms with van der Waals surface area (Å²) in [6.45, 7) is -0.377. The fourth-order valence-corrected chi connectivity index (χ4v) is 3.08. The molecule has 1 aliphatic rings. The molecule has 0 saturated heterocycles. The van der Waals surface area contributed by atoms with Gasteiger partial charge in [-0.05, 0) is 35.9 Å². The zero-order valence-electron chi connectivity index (χ0n) is 17.7. The Kier molecular flexibility index (Phi) is 7.65. The van der Waals surface area contributed by atoms with E-state index in [1.54, 1.807) is 30.3 Å². The van der Waals surface area contributed by atoms with Crippen LogP contribution < -0.4 is 36.1 Å². The molecule has 6 N–H and O–H groups in total. The Morgan fingerprint density at radius 2 is 2.09 bits per heavy atom. The van der Waals surface area contributed by atoms with Crippen molar-refractivity contribution < 1.29 is 33.7 Å². The number of aliphatic imine (C=N–C) groups is 1. The van der Waals surface area contributed by atoms with E-state index >= 15 is 0 Å². The molecule has 0 aromatic heterocycles. The number of carboxylic acid groups (broad SMARTS) is 1. The van der Waals surface area contributed by atoms with Gasteiger partial charge in [-0.2, -0.15) is 0 Å². The lowest BCUT2D eigenvalue weighted by molar-refractivity contribution is -0.141. The minimum absolute atomic E-state index is 0.0305. The van der Waals surface area contributed by atoms with Gasteiger partial charge in [-0.25, -0.2) is 15.6 Å². The number of carbonyl (C=O) groups is 3. The molecule has 12 nitrogen and oxygen atoms in total. The number of benzene rings is 2. The fraction of sp³-hybridized carbons (Fsp3) is 0.238. The quantitative estimate of drug-likeness (QED) is 0.143. The summed E-state index contributed by atoms with van der Waals surface area (Å²) in [5, 5.41) is 14.4. The van der Waals surface area contributed by atoms with Crippen LogP contribution in [0.3, 0.4) is 0 Å². The zero-order valence-corrected chi connectivity index (χ0v) is 17.7. The maximum absolute atomic E-state index is 12.3. The smallest absolute Gasteiger partial charge is 0.326 e. The standard InChI is InChI=1S/C21H23N5O7/c1-31-16-6-12(7-17-19(16)33-11-32-17)5-15(21(29)30)26-18(27)9-23-20(28)13-3-2-4-14(8-13)24-10-25-22/h2-4,6-8,10,15H,5,9,11,22H2,1H3,(H,23,28)(H,24,25)(H,26,27)(H,29,30). The van der Waals surface area contributed by atoms with Crippen molar-refractivity contribution in [2.24, 2.45) is 10.8 Å². The molecule has 3 rings (SSSR count). The molecular formula is C21H23N5O7. The number of nitrogens with zero attached hydrogens (tertiary/aromatic N) is 1. The van der Waals surface area contributed by atoms with E-state index in [0.29, 0.717) is 28.5 Å². The van der Waals surface area contributed by atoms with Gasteiger partial charge >= 0.3 is 5.97 Å². The van der Waals surface area contributed by atoms with Crippen LogP contribution in [0.15, 0.2) is 41.4 Å². The highest BCUT2D eigenvalue weighted by Crippen LogP contribution is 2.42. The first kappa shape index (κ1) is 23.3. The number of hydrazine groups is 1. The lowest BCUT2D eigenvalue weighted by Crippen LogP contribution is -2.46. The van der Waals surface area contributed by atoms with Gasteiger partial charge < -0.3 is 35.4 Å². The molecule has 2 aromatic rings. The first-order valence-electron chi connectivity index (χ1n) is 9.77. The molecule has 2 aromatic carbocycles. The molecule has 2 amide bonds. The molecule has 1 heterocycles. The van der Waals surface area contributed by atoms with E-state index in [1.165, 1.54) is 19.5 Å². The van der Waals surface area contributed by atoms with E-state index in [9.17, 15) is 19.5 Å². The van der Waals surface area contributed by atoms with E-state index in [1.807, 2.05) is 0 Å². The van der Waals surface area contributed by atoms with Crippen LogP contribution in [0.1, 0.15) is 15.9 Å². The van der Waals surface area contributed by atoms with E-state index < -0.39 is 30.4 Å². The van der Waals surface area contributed by atoms with Gasteiger partial charge in [-0.3, -0.25) is 9.59 Å². The van der Waals surface area contributed by atoms with Crippen molar-refractivity contribution in [3.63, 3.8) is 0 Å². The maximum atomic E-state index is 12.3. The van der Waals surface area contributed by atoms with Gasteiger partial charge in [0.1, 0.15) is 12.4 Å². The molecule has 0 spiro atoms. The normalized spacial score (nSPS) is 12.8. The molecule has 174 valence electrons. The summed E-state index contributed by atoms with van der Waals surface area (Å²) >= 11 is 0. The second-order valence-corrected chi connectivity index (χ2v) is 6.85. The number of nitrogens with two attached hydrogens (primary N) is 1. The molecule has 0 bridgehead atoms. The molecule has 0 saturated carbocycles. The largest absolute Gasteiger partial charge is 0.493 e. The van der Waals surface area contributed by atoms with Crippen molar-refractivity contribution in [1.29, 1.82) is 0 Å². The Hall–Kier alpha value is -4.32. The van der Waals surface area contributed by atoms with Crippen molar-refractivity contribution >= 4 is 29.8 Å². The minimum Gasteiger partial charge on any atom is -0.493 e. The van der Waals surface area contributed by atoms with Crippen LogP contribution >= 0.6 is 0 Å². The average Bonchev–Trinajstić information content (AvgIpc) is 3.29. The van der Waals surface area contributed by atoms with Gasteiger partial charge in [0.25, 0.3) is 5.91 Å². The first-order valence-corrected chi connectivity index (χ1v) is 9.77. The molecular weight excluding hydrogens is 434 g/mol. The lowest BCUT2D eigenvalue weighted by atomic mass is 10.0. The summed E-state index contributed by atoms with van der Waals surface area (Å²) in [6.07, 6.45) is 1.23. The highest BCUT2D eigenvalue weighted by Gasteiger charge is 2.25. The molecule has 1 aliphatic heterocycles. The highest BCUT2D eigenvalue weighted by atomic mass is 16.7. The Bertz CT molecular complexity index is 1070. The monoisotopic (exact) mass is 457 g/mol. The topological polar surface area (TPSA) is 174 Å². The van der Waals surface area contributed by atoms with Crippen molar-refractivity contribution in [2.75, 3.05) is 20.4 Å². The van der Waals surface area contributed by atoms with E-state index in [4.69, 9.17) is 20.1 Å². The third kappa shape index (κ3) is 6.11. The molecule has 33 heavy (non-hydrogen) atoms. The number of nitrogens with one attached hydrogen (secondary N) is 3. The number of methoxy groups -OCH3 is 1. The Labute approximate surface area is 188 Å². The number of carboxylic acids is 1. The fourth-order valence-electron chi connectivity index (χ4n) is 3.08. The van der Waals surface area contributed by atoms with E-state index in [-0.39, 0.29) is 18.8 Å². The summed E-state index contributed by atoms with van der Waals surface area (Å²) in [5.74, 6) is 3.98. The van der Waals surface area contributed by atoms with E-state index in [2.05, 4.69) is 21.1 Å². The number of hydrogen-bond acceptors (Lipinski definition) is 8. The Morgan fingerprint density at radius 3 is 2.82 bits per heavy atom. The first-order chi connectivity index (χ1) is 15.9. The molecule has 1 unspecified atom stereocenters. The zero-order chi connectivity index (χ0) is 23.8. The average molecular weight is 457 g/mol. The maximum Gasteiger partial charge on any atom is 0.326 e. The van der Waals surface area contributed by atoms with Crippen LogP contribution in [0, 0.1) is 0 Å². The minimum atomic E-state index is -1.24. The van der Waals surface area contributed by atoms with Crippen LogP contribution in [-0.2, 0) is 16.0 Å². The Balaban J connectivity index is 1.59. The molecule has 1 atom stereocenters. The number of carbonyl (C=O) groups excluding carboxylic acids is 2. The van der Waals surface area contributed by atoms with Gasteiger partial charge in [-0.15, -0.1) is 0 Å². The molecule has 12 heteroatoms. The Morgan fingerprint density at radius 1 is 1.27 bits per heavy atom. The van der Waals surface area contributed by atoms with Crippen LogP contribution in [0.4, 0.5) is 5.69 Å². The number of fused-ring (bicyclic) bond motifs is 1. The predicted octanol–water partition coefficient (Wildman–Crippen LogP) is 0.0889. The van der Waals surface area contributed by atoms with Gasteiger partial charge in [0.2, 0.25) is 18.4 Å². The summed E-state index contributed by atoms with van der Waals surface area (Å²) in [6, 6.07) is 8.36. The summed E-state index contributed by atoms with van der Waals surface area (Å²) < 4.78 is 15.9. The second kappa shape index (κ2) is 10.8. The summed E-state index contributed by atoms with van der Waals surface area (Å²) in [5.41, 5.74) is 3.58. The van der Waals surface area contributed by atoms with Gasteiger partial charge in [0.15, 0.2) is 11.5 Å². The number of aliphatic carboxylic acids is 1. The van der Waals surface area contributed by atoms with Gasteiger partial charge in [0, 0.05) is 12.0 Å². The molecule has 0 aliphatic carbocycles. The van der Waals surface area contributed by atoms with Crippen LogP contribution in [0.25, 0.3) is 0 Å². The van der Waals surface area contributed by atoms with Crippen molar-refractivity contribution in [2.45, 2.75) is 12.5 Å². The number of hydrogen-bond donors (Lipinski definition) is 5.